The molecule has 12 heavy (non-hydrogen) atoms. The van der Waals surface area contributed by atoms with Crippen LogP contribution in [0.4, 0.5) is 0 Å². The summed E-state index contributed by atoms with van der Waals surface area (Å²) in [6, 6.07) is 0.524. The number of hydrogen-bond donors (Lipinski definition) is 1. The van der Waals surface area contributed by atoms with Gasteiger partial charge in [-0.3, -0.25) is 0 Å². The molecule has 4 aliphatic rings. The summed E-state index contributed by atoms with van der Waals surface area (Å²) in [7, 11) is 0. The fraction of sp³-hybridized carbons (Fsp3) is 0.909. The lowest BCUT2D eigenvalue weighted by atomic mass is 9.49. The van der Waals surface area contributed by atoms with Gasteiger partial charge in [0.2, 0.25) is 0 Å². The molecule has 1 radical (unpaired) electrons. The van der Waals surface area contributed by atoms with E-state index in [4.69, 9.17) is 5.73 Å². The zero-order valence-corrected chi connectivity index (χ0v) is 7.63. The van der Waals surface area contributed by atoms with Crippen LogP contribution in [0.15, 0.2) is 0 Å². The summed E-state index contributed by atoms with van der Waals surface area (Å²) < 4.78 is 0. The Hall–Kier alpha value is -0.0400. The summed E-state index contributed by atoms with van der Waals surface area (Å²) in [5.74, 6) is 2.64. The van der Waals surface area contributed by atoms with Crippen LogP contribution in [0, 0.1) is 30.1 Å². The van der Waals surface area contributed by atoms with Gasteiger partial charge in [-0.05, 0) is 62.2 Å². The average molecular weight is 164 g/mol. The lowest BCUT2D eigenvalue weighted by molar-refractivity contribution is -0.0415. The van der Waals surface area contributed by atoms with E-state index in [1.807, 2.05) is 0 Å². The topological polar surface area (TPSA) is 26.0 Å². The monoisotopic (exact) mass is 164 g/mol. The molecule has 4 saturated carbocycles. The van der Waals surface area contributed by atoms with Gasteiger partial charge < -0.3 is 5.73 Å². The van der Waals surface area contributed by atoms with Gasteiger partial charge in [-0.25, -0.2) is 0 Å². The second-order valence-corrected chi connectivity index (χ2v) is 5.55. The van der Waals surface area contributed by atoms with E-state index in [2.05, 4.69) is 6.92 Å². The molecule has 4 aliphatic carbocycles. The van der Waals surface area contributed by atoms with E-state index >= 15 is 0 Å². The fourth-order valence-electron chi connectivity index (χ4n) is 4.23. The lowest BCUT2D eigenvalue weighted by Gasteiger charge is -2.58. The summed E-state index contributed by atoms with van der Waals surface area (Å²) in [6.07, 6.45) is 6.86. The Labute approximate surface area is 74.7 Å². The first-order valence-corrected chi connectivity index (χ1v) is 5.27. The molecule has 0 saturated heterocycles. The Morgan fingerprint density at radius 3 is 2.17 bits per heavy atom. The van der Waals surface area contributed by atoms with Crippen LogP contribution >= 0.6 is 0 Å². The van der Waals surface area contributed by atoms with Gasteiger partial charge in [-0.1, -0.05) is 0 Å². The summed E-state index contributed by atoms with van der Waals surface area (Å²) in [6.45, 7) is 4.41. The first kappa shape index (κ1) is 7.37. The van der Waals surface area contributed by atoms with Gasteiger partial charge in [0.15, 0.2) is 0 Å². The van der Waals surface area contributed by atoms with E-state index in [9.17, 15) is 0 Å². The molecule has 0 aromatic heterocycles. The van der Waals surface area contributed by atoms with Crippen molar-refractivity contribution in [1.82, 2.24) is 0 Å². The van der Waals surface area contributed by atoms with Gasteiger partial charge in [0.1, 0.15) is 0 Å². The SMILES string of the molecule is [CH2]C12CC3CC(C1)C(N)C(C3)C2. The van der Waals surface area contributed by atoms with E-state index in [0.717, 1.165) is 17.8 Å². The van der Waals surface area contributed by atoms with Crippen molar-refractivity contribution in [3.8, 4) is 0 Å². The minimum atomic E-state index is 0.451. The van der Waals surface area contributed by atoms with Crippen LogP contribution in [0.2, 0.25) is 0 Å². The van der Waals surface area contributed by atoms with E-state index in [1.54, 1.807) is 0 Å². The van der Waals surface area contributed by atoms with Crippen molar-refractivity contribution in [3.05, 3.63) is 6.92 Å². The molecule has 1 nitrogen and oxygen atoms in total. The fourth-order valence-corrected chi connectivity index (χ4v) is 4.23. The van der Waals surface area contributed by atoms with E-state index in [0.29, 0.717) is 11.5 Å². The zero-order chi connectivity index (χ0) is 8.34. The van der Waals surface area contributed by atoms with Crippen molar-refractivity contribution in [3.63, 3.8) is 0 Å². The highest BCUT2D eigenvalue weighted by Gasteiger charge is 2.51. The highest BCUT2D eigenvalue weighted by molar-refractivity contribution is 5.07. The van der Waals surface area contributed by atoms with Crippen LogP contribution in [0.5, 0.6) is 0 Å². The number of nitrogens with two attached hydrogens (primary N) is 1. The maximum atomic E-state index is 6.20. The average Bonchev–Trinajstić information content (AvgIpc) is 1.96. The van der Waals surface area contributed by atoms with E-state index in [1.165, 1.54) is 32.1 Å². The molecule has 0 aliphatic heterocycles. The van der Waals surface area contributed by atoms with Gasteiger partial charge in [0.05, 0.1) is 0 Å². The molecule has 67 valence electrons. The Morgan fingerprint density at radius 2 is 1.67 bits per heavy atom. The van der Waals surface area contributed by atoms with Crippen molar-refractivity contribution in [2.75, 3.05) is 0 Å². The minimum absolute atomic E-state index is 0.451. The van der Waals surface area contributed by atoms with Crippen molar-refractivity contribution in [1.29, 1.82) is 0 Å². The Kier molecular flexibility index (Phi) is 1.27. The van der Waals surface area contributed by atoms with Crippen LogP contribution in [-0.4, -0.2) is 6.04 Å². The van der Waals surface area contributed by atoms with Crippen LogP contribution in [0.1, 0.15) is 32.1 Å². The summed E-state index contributed by atoms with van der Waals surface area (Å²) in [5.41, 5.74) is 6.65. The molecule has 4 rings (SSSR count). The van der Waals surface area contributed by atoms with Crippen LogP contribution in [0.3, 0.4) is 0 Å². The van der Waals surface area contributed by atoms with Crippen LogP contribution in [-0.2, 0) is 0 Å². The van der Waals surface area contributed by atoms with Gasteiger partial charge in [0, 0.05) is 6.04 Å². The van der Waals surface area contributed by atoms with Crippen LogP contribution < -0.4 is 5.73 Å². The molecule has 0 spiro atoms. The molecule has 1 heteroatoms. The van der Waals surface area contributed by atoms with Crippen molar-refractivity contribution >= 4 is 0 Å². The largest absolute Gasteiger partial charge is 0.327 e. The summed E-state index contributed by atoms with van der Waals surface area (Å²) in [5, 5.41) is 0. The first-order valence-electron chi connectivity index (χ1n) is 5.27. The molecule has 2 atom stereocenters. The van der Waals surface area contributed by atoms with Crippen molar-refractivity contribution < 1.29 is 0 Å². The maximum absolute atomic E-state index is 6.20. The second kappa shape index (κ2) is 2.06. The molecule has 2 N–H and O–H groups in total. The van der Waals surface area contributed by atoms with E-state index < -0.39 is 0 Å². The highest BCUT2D eigenvalue weighted by atomic mass is 14.7. The smallest absolute Gasteiger partial charge is 0.00962 e. The van der Waals surface area contributed by atoms with E-state index in [-0.39, 0.29) is 0 Å². The Morgan fingerprint density at radius 1 is 1.08 bits per heavy atom. The zero-order valence-electron chi connectivity index (χ0n) is 7.63. The Bertz CT molecular complexity index is 195. The quantitative estimate of drug-likeness (QED) is 0.582. The summed E-state index contributed by atoms with van der Waals surface area (Å²) >= 11 is 0. The highest BCUT2D eigenvalue weighted by Crippen LogP contribution is 2.58. The van der Waals surface area contributed by atoms with Gasteiger partial charge in [-0.15, -0.1) is 0 Å². The third-order valence-corrected chi connectivity index (χ3v) is 4.47. The molecule has 4 bridgehead atoms. The number of hydrogen-bond acceptors (Lipinski definition) is 1. The first-order chi connectivity index (χ1) is 5.66. The molecular formula is C11H18N. The Balaban J connectivity index is 1.95. The van der Waals surface area contributed by atoms with Crippen molar-refractivity contribution in [2.45, 2.75) is 38.1 Å². The van der Waals surface area contributed by atoms with Gasteiger partial charge >= 0.3 is 0 Å². The van der Waals surface area contributed by atoms with Crippen LogP contribution in [0.25, 0.3) is 0 Å². The molecule has 0 heterocycles. The molecular weight excluding hydrogens is 146 g/mol. The minimum Gasteiger partial charge on any atom is -0.327 e. The predicted molar refractivity (Wildman–Crippen MR) is 49.3 cm³/mol. The van der Waals surface area contributed by atoms with Gasteiger partial charge in [0.25, 0.3) is 0 Å². The normalized spacial score (nSPS) is 62.5. The molecule has 4 fully saturated rings. The predicted octanol–water partition coefficient (Wildman–Crippen LogP) is 1.97. The van der Waals surface area contributed by atoms with Crippen molar-refractivity contribution in [2.24, 2.45) is 28.9 Å². The molecule has 2 unspecified atom stereocenters. The standard InChI is InChI=1S/C11H18N/c1-11-4-7-2-8(5-11)10(12)9(3-7)6-11/h7-10H,1-6,12H2. The van der Waals surface area contributed by atoms with Gasteiger partial charge in [-0.2, -0.15) is 0 Å². The third kappa shape index (κ3) is 0.834. The molecule has 0 amide bonds. The third-order valence-electron chi connectivity index (χ3n) is 4.47. The summed E-state index contributed by atoms with van der Waals surface area (Å²) in [4.78, 5) is 0. The maximum Gasteiger partial charge on any atom is 0.00962 e. The number of rotatable bonds is 0. The second-order valence-electron chi connectivity index (χ2n) is 5.55. The lowest BCUT2D eigenvalue weighted by Crippen LogP contribution is -2.55. The molecule has 0 aromatic rings. The molecule has 0 aromatic carbocycles.